The summed E-state index contributed by atoms with van der Waals surface area (Å²) in [5.41, 5.74) is 0.281. The van der Waals surface area contributed by atoms with Gasteiger partial charge >= 0.3 is 5.97 Å². The molecule has 0 radical (unpaired) electrons. The van der Waals surface area contributed by atoms with Crippen molar-refractivity contribution in [2.45, 2.75) is 42.3 Å². The van der Waals surface area contributed by atoms with Gasteiger partial charge in [-0.25, -0.2) is 4.79 Å². The average molecular weight is 354 g/mol. The Balaban J connectivity index is 1.74. The van der Waals surface area contributed by atoms with E-state index >= 15 is 0 Å². The van der Waals surface area contributed by atoms with E-state index in [2.05, 4.69) is 0 Å². The van der Waals surface area contributed by atoms with E-state index < -0.39 is 29.0 Å². The highest BCUT2D eigenvalue weighted by molar-refractivity contribution is 8.01. The maximum atomic E-state index is 12.5. The van der Waals surface area contributed by atoms with Gasteiger partial charge in [0.2, 0.25) is 0 Å². The summed E-state index contributed by atoms with van der Waals surface area (Å²) in [6.07, 6.45) is 0.224. The van der Waals surface area contributed by atoms with E-state index in [4.69, 9.17) is 14.2 Å². The van der Waals surface area contributed by atoms with E-state index in [0.717, 1.165) is 12.8 Å². The fourth-order valence-electron chi connectivity index (χ4n) is 3.49. The van der Waals surface area contributed by atoms with Crippen LogP contribution in [-0.4, -0.2) is 59.2 Å². The van der Waals surface area contributed by atoms with Crippen LogP contribution in [0.15, 0.2) is 18.2 Å². The van der Waals surface area contributed by atoms with Crippen molar-refractivity contribution in [3.8, 4) is 11.5 Å². The molecule has 1 unspecified atom stereocenters. The lowest BCUT2D eigenvalue weighted by Gasteiger charge is -2.31. The third kappa shape index (κ3) is 2.85. The van der Waals surface area contributed by atoms with Gasteiger partial charge in [-0.1, -0.05) is 0 Å². The fourth-order valence-corrected chi connectivity index (χ4v) is 5.14. The first kappa shape index (κ1) is 17.4. The van der Waals surface area contributed by atoms with Gasteiger partial charge in [-0.05, 0) is 31.4 Å². The summed E-state index contributed by atoms with van der Waals surface area (Å²) < 4.78 is 15.3. The van der Waals surface area contributed by atoms with Crippen LogP contribution in [0.2, 0.25) is 0 Å². The molecule has 1 saturated heterocycles. The van der Waals surface area contributed by atoms with Crippen LogP contribution >= 0.6 is 11.8 Å². The lowest BCUT2D eigenvalue weighted by Crippen LogP contribution is -2.47. The van der Waals surface area contributed by atoms with Crippen molar-refractivity contribution in [1.29, 1.82) is 0 Å². The third-order valence-electron chi connectivity index (χ3n) is 4.87. The summed E-state index contributed by atoms with van der Waals surface area (Å²) in [6.45, 7) is 0. The number of hydrogen-bond donors (Lipinski definition) is 2. The van der Waals surface area contributed by atoms with Crippen molar-refractivity contribution in [3.63, 3.8) is 0 Å². The minimum absolute atomic E-state index is 0.281. The molecule has 6 nitrogen and oxygen atoms in total. The average Bonchev–Trinajstić information content (AvgIpc) is 3.12. The van der Waals surface area contributed by atoms with Gasteiger partial charge in [0, 0.05) is 11.8 Å². The number of benzene rings is 1. The first-order chi connectivity index (χ1) is 11.5. The molecule has 2 N–H and O–H groups in total. The minimum Gasteiger partial charge on any atom is -0.497 e. The van der Waals surface area contributed by atoms with Crippen LogP contribution in [-0.2, 0) is 4.74 Å². The second-order valence-electron chi connectivity index (χ2n) is 6.13. The molecule has 0 amide bonds. The van der Waals surface area contributed by atoms with Gasteiger partial charge in [-0.2, -0.15) is 0 Å². The number of methoxy groups -OCH3 is 2. The first-order valence-electron chi connectivity index (χ1n) is 7.95. The molecule has 2 aliphatic rings. The van der Waals surface area contributed by atoms with Gasteiger partial charge in [0.1, 0.15) is 29.3 Å². The fraction of sp³-hybridized carbons (Fsp3) is 0.588. The molecule has 1 aromatic carbocycles. The summed E-state index contributed by atoms with van der Waals surface area (Å²) >= 11 is 1.50. The predicted octanol–water partition coefficient (Wildman–Crippen LogP) is 1.62. The molecule has 1 saturated carbocycles. The molecule has 7 heteroatoms. The summed E-state index contributed by atoms with van der Waals surface area (Å²) in [6, 6.07) is 4.84. The van der Waals surface area contributed by atoms with Gasteiger partial charge in [-0.15, -0.1) is 11.8 Å². The number of aliphatic hydroxyl groups excluding tert-OH is 2. The third-order valence-corrected chi connectivity index (χ3v) is 6.62. The maximum absolute atomic E-state index is 12.5. The molecule has 2 fully saturated rings. The van der Waals surface area contributed by atoms with E-state index in [1.54, 1.807) is 18.2 Å². The highest BCUT2D eigenvalue weighted by Crippen LogP contribution is 2.50. The topological polar surface area (TPSA) is 85.2 Å². The van der Waals surface area contributed by atoms with E-state index in [9.17, 15) is 15.0 Å². The Morgan fingerprint density at radius 2 is 2.08 bits per heavy atom. The highest BCUT2D eigenvalue weighted by atomic mass is 32.2. The standard InChI is InChI=1S/C17H22O6S/c1-21-10-5-6-11(12(8-10)22-2)16(20)23-13-9-24-17(15(13)19)7-3-4-14(17)18/h5-6,8,13-15,18-19H,3-4,7,9H2,1-2H3/t13-,14-,15-,17?/m0/s1. The number of carbonyl (C=O) groups is 1. The molecular weight excluding hydrogens is 332 g/mol. The number of aliphatic hydroxyl groups is 2. The number of esters is 1. The Hall–Kier alpha value is -1.44. The number of carbonyl (C=O) groups excluding carboxylic acids is 1. The largest absolute Gasteiger partial charge is 0.497 e. The molecule has 4 atom stereocenters. The zero-order valence-electron chi connectivity index (χ0n) is 13.7. The van der Waals surface area contributed by atoms with Crippen molar-refractivity contribution in [2.75, 3.05) is 20.0 Å². The molecule has 0 bridgehead atoms. The SMILES string of the molecule is COc1ccc(C(=O)O[C@H]2CSC3(CCC[C@@H]3O)[C@H]2O)c(OC)c1. The minimum atomic E-state index is -0.867. The molecule has 132 valence electrons. The van der Waals surface area contributed by atoms with Gasteiger partial charge in [0.25, 0.3) is 0 Å². The Morgan fingerprint density at radius 3 is 2.71 bits per heavy atom. The van der Waals surface area contributed by atoms with Gasteiger partial charge < -0.3 is 24.4 Å². The maximum Gasteiger partial charge on any atom is 0.342 e. The van der Waals surface area contributed by atoms with E-state index in [-0.39, 0.29) is 5.56 Å². The van der Waals surface area contributed by atoms with Crippen LogP contribution in [0.5, 0.6) is 11.5 Å². The quantitative estimate of drug-likeness (QED) is 0.795. The number of hydrogen-bond acceptors (Lipinski definition) is 7. The zero-order chi connectivity index (χ0) is 17.3. The Morgan fingerprint density at radius 1 is 1.29 bits per heavy atom. The summed E-state index contributed by atoms with van der Waals surface area (Å²) in [5, 5.41) is 20.8. The van der Waals surface area contributed by atoms with Gasteiger partial charge in [-0.3, -0.25) is 0 Å². The van der Waals surface area contributed by atoms with Crippen molar-refractivity contribution >= 4 is 17.7 Å². The van der Waals surface area contributed by atoms with Crippen molar-refractivity contribution < 1.29 is 29.2 Å². The van der Waals surface area contributed by atoms with Crippen LogP contribution in [0.25, 0.3) is 0 Å². The van der Waals surface area contributed by atoms with Crippen molar-refractivity contribution in [3.05, 3.63) is 23.8 Å². The second kappa shape index (κ2) is 6.82. The van der Waals surface area contributed by atoms with Gasteiger partial charge in [0.05, 0.1) is 25.1 Å². The van der Waals surface area contributed by atoms with Crippen LogP contribution in [0.4, 0.5) is 0 Å². The second-order valence-corrected chi connectivity index (χ2v) is 7.51. The van der Waals surface area contributed by atoms with Crippen molar-refractivity contribution in [2.24, 2.45) is 0 Å². The predicted molar refractivity (Wildman–Crippen MR) is 89.8 cm³/mol. The van der Waals surface area contributed by atoms with Crippen LogP contribution in [0.1, 0.15) is 29.6 Å². The summed E-state index contributed by atoms with van der Waals surface area (Å²) in [5.74, 6) is 0.856. The van der Waals surface area contributed by atoms with Gasteiger partial charge in [0.15, 0.2) is 0 Å². The molecule has 1 aliphatic heterocycles. The monoisotopic (exact) mass is 354 g/mol. The lowest BCUT2D eigenvalue weighted by atomic mass is 9.94. The number of ether oxygens (including phenoxy) is 3. The Kier molecular flexibility index (Phi) is 4.94. The van der Waals surface area contributed by atoms with Crippen LogP contribution in [0.3, 0.4) is 0 Å². The van der Waals surface area contributed by atoms with Crippen LogP contribution < -0.4 is 9.47 Å². The summed E-state index contributed by atoms with van der Waals surface area (Å²) in [7, 11) is 3.00. The molecule has 0 aromatic heterocycles. The Labute approximate surface area is 145 Å². The van der Waals surface area contributed by atoms with Crippen LogP contribution in [0, 0.1) is 0 Å². The van der Waals surface area contributed by atoms with E-state index in [1.807, 2.05) is 0 Å². The first-order valence-corrected chi connectivity index (χ1v) is 8.93. The molecular formula is C17H22O6S. The normalized spacial score (nSPS) is 32.1. The molecule has 1 aromatic rings. The molecule has 24 heavy (non-hydrogen) atoms. The number of thioether (sulfide) groups is 1. The highest BCUT2D eigenvalue weighted by Gasteiger charge is 2.56. The smallest absolute Gasteiger partial charge is 0.342 e. The molecule has 3 rings (SSSR count). The Bertz CT molecular complexity index is 621. The molecule has 1 heterocycles. The molecule has 1 aliphatic carbocycles. The zero-order valence-corrected chi connectivity index (χ0v) is 14.5. The lowest BCUT2D eigenvalue weighted by molar-refractivity contribution is -0.0319. The number of rotatable bonds is 4. The van der Waals surface area contributed by atoms with E-state index in [0.29, 0.717) is 23.7 Å². The van der Waals surface area contributed by atoms with Crippen molar-refractivity contribution in [1.82, 2.24) is 0 Å². The molecule has 1 spiro atoms. The van der Waals surface area contributed by atoms with E-state index in [1.165, 1.54) is 26.0 Å². The summed E-state index contributed by atoms with van der Waals surface area (Å²) in [4.78, 5) is 12.5.